The molecule has 1 aromatic rings. The number of ketones is 1. The maximum absolute atomic E-state index is 13.5. The van der Waals surface area contributed by atoms with Gasteiger partial charge < -0.3 is 5.73 Å². The Kier molecular flexibility index (Phi) is 3.52. The van der Waals surface area contributed by atoms with Crippen molar-refractivity contribution in [3.8, 4) is 0 Å². The first kappa shape index (κ1) is 11.8. The third kappa shape index (κ3) is 2.59. The van der Waals surface area contributed by atoms with Gasteiger partial charge in [-0.25, -0.2) is 8.78 Å². The number of halogens is 2. The highest BCUT2D eigenvalue weighted by Crippen LogP contribution is 2.18. The van der Waals surface area contributed by atoms with E-state index in [-0.39, 0.29) is 12.0 Å². The second-order valence-corrected chi connectivity index (χ2v) is 3.66. The molecule has 0 spiro atoms. The van der Waals surface area contributed by atoms with Crippen molar-refractivity contribution in [2.45, 2.75) is 26.3 Å². The van der Waals surface area contributed by atoms with Crippen LogP contribution in [0.4, 0.5) is 8.78 Å². The van der Waals surface area contributed by atoms with E-state index < -0.39 is 29.0 Å². The molecule has 1 rings (SSSR count). The Bertz CT molecular complexity index is 388. The van der Waals surface area contributed by atoms with Gasteiger partial charge in [-0.1, -0.05) is 6.07 Å². The van der Waals surface area contributed by atoms with Gasteiger partial charge in [-0.15, -0.1) is 0 Å². The van der Waals surface area contributed by atoms with Gasteiger partial charge in [0.25, 0.3) is 0 Å². The molecule has 2 N–H and O–H groups in total. The molecule has 2 nitrogen and oxygen atoms in total. The predicted molar refractivity (Wildman–Crippen MR) is 53.7 cm³/mol. The van der Waals surface area contributed by atoms with Gasteiger partial charge in [-0.05, 0) is 25.5 Å². The second kappa shape index (κ2) is 4.49. The van der Waals surface area contributed by atoms with E-state index in [1.54, 1.807) is 6.92 Å². The van der Waals surface area contributed by atoms with Crippen LogP contribution in [0.1, 0.15) is 29.3 Å². The number of rotatable bonds is 3. The van der Waals surface area contributed by atoms with Gasteiger partial charge in [-0.2, -0.15) is 0 Å². The fraction of sp³-hybridized carbons (Fsp3) is 0.364. The van der Waals surface area contributed by atoms with Crippen LogP contribution in [0.3, 0.4) is 0 Å². The first-order chi connectivity index (χ1) is 6.93. The third-order valence-corrected chi connectivity index (χ3v) is 2.07. The summed E-state index contributed by atoms with van der Waals surface area (Å²) in [7, 11) is 0. The van der Waals surface area contributed by atoms with Crippen molar-refractivity contribution in [1.82, 2.24) is 0 Å². The van der Waals surface area contributed by atoms with Gasteiger partial charge in [0, 0.05) is 12.5 Å². The minimum atomic E-state index is -0.830. The molecule has 0 saturated heterocycles. The SMILES string of the molecule is Cc1ccc(F)c(C(=O)CC(C)N)c1F. The smallest absolute Gasteiger partial charge is 0.170 e. The lowest BCUT2D eigenvalue weighted by atomic mass is 10.0. The Balaban J connectivity index is 3.13. The van der Waals surface area contributed by atoms with Crippen LogP contribution in [0.15, 0.2) is 12.1 Å². The molecular weight excluding hydrogens is 200 g/mol. The number of Topliss-reactive ketones (excluding diaryl/α,β-unsaturated/α-hetero) is 1. The Morgan fingerprint density at radius 2 is 2.07 bits per heavy atom. The van der Waals surface area contributed by atoms with E-state index in [4.69, 9.17) is 5.73 Å². The van der Waals surface area contributed by atoms with Crippen LogP contribution in [-0.2, 0) is 0 Å². The zero-order valence-corrected chi connectivity index (χ0v) is 8.68. The topological polar surface area (TPSA) is 43.1 Å². The monoisotopic (exact) mass is 213 g/mol. The average molecular weight is 213 g/mol. The van der Waals surface area contributed by atoms with Crippen molar-refractivity contribution in [1.29, 1.82) is 0 Å². The molecule has 0 aliphatic heterocycles. The molecule has 0 fully saturated rings. The summed E-state index contributed by atoms with van der Waals surface area (Å²) in [6, 6.07) is 1.98. The summed E-state index contributed by atoms with van der Waals surface area (Å²) < 4.78 is 26.7. The highest BCUT2D eigenvalue weighted by atomic mass is 19.1. The molecule has 15 heavy (non-hydrogen) atoms. The number of carbonyl (C=O) groups excluding carboxylic acids is 1. The molecule has 0 saturated carbocycles. The van der Waals surface area contributed by atoms with Gasteiger partial charge in [0.2, 0.25) is 0 Å². The van der Waals surface area contributed by atoms with Gasteiger partial charge in [0.05, 0.1) is 5.56 Å². The third-order valence-electron chi connectivity index (χ3n) is 2.07. The van der Waals surface area contributed by atoms with Crippen molar-refractivity contribution in [3.05, 3.63) is 34.9 Å². The Labute approximate surface area is 87.1 Å². The van der Waals surface area contributed by atoms with Gasteiger partial charge in [0.15, 0.2) is 5.78 Å². The summed E-state index contributed by atoms with van der Waals surface area (Å²) in [5.41, 5.74) is 5.18. The summed E-state index contributed by atoms with van der Waals surface area (Å²) in [4.78, 5) is 11.5. The van der Waals surface area contributed by atoms with E-state index in [1.807, 2.05) is 0 Å². The van der Waals surface area contributed by atoms with E-state index >= 15 is 0 Å². The average Bonchev–Trinajstić information content (AvgIpc) is 2.11. The molecule has 0 aliphatic rings. The minimum Gasteiger partial charge on any atom is -0.328 e. The lowest BCUT2D eigenvalue weighted by Gasteiger charge is -2.07. The van der Waals surface area contributed by atoms with Gasteiger partial charge >= 0.3 is 0 Å². The predicted octanol–water partition coefficient (Wildman–Crippen LogP) is 2.19. The van der Waals surface area contributed by atoms with Crippen molar-refractivity contribution in [3.63, 3.8) is 0 Å². The van der Waals surface area contributed by atoms with Gasteiger partial charge in [0.1, 0.15) is 11.6 Å². The molecule has 0 bridgehead atoms. The fourth-order valence-corrected chi connectivity index (χ4v) is 1.31. The van der Waals surface area contributed by atoms with E-state index in [1.165, 1.54) is 13.0 Å². The molecule has 82 valence electrons. The maximum atomic E-state index is 13.5. The quantitative estimate of drug-likeness (QED) is 0.782. The fourth-order valence-electron chi connectivity index (χ4n) is 1.31. The zero-order chi connectivity index (χ0) is 11.6. The number of hydrogen-bond donors (Lipinski definition) is 1. The molecule has 0 radical (unpaired) electrons. The molecule has 1 aromatic carbocycles. The van der Waals surface area contributed by atoms with Crippen molar-refractivity contribution < 1.29 is 13.6 Å². The molecule has 1 atom stereocenters. The number of nitrogens with two attached hydrogens (primary N) is 1. The van der Waals surface area contributed by atoms with Crippen molar-refractivity contribution >= 4 is 5.78 Å². The molecule has 0 amide bonds. The standard InChI is InChI=1S/C11H13F2NO/c1-6-3-4-8(12)10(11(6)13)9(15)5-7(2)14/h3-4,7H,5,14H2,1-2H3. The van der Waals surface area contributed by atoms with Crippen LogP contribution < -0.4 is 5.73 Å². The molecular formula is C11H13F2NO. The number of aryl methyl sites for hydroxylation is 1. The highest BCUT2D eigenvalue weighted by Gasteiger charge is 2.19. The molecule has 0 heterocycles. The van der Waals surface area contributed by atoms with Crippen LogP contribution in [0.5, 0.6) is 0 Å². The summed E-state index contributed by atoms with van der Waals surface area (Å²) in [6.45, 7) is 3.10. The first-order valence-corrected chi connectivity index (χ1v) is 4.67. The lowest BCUT2D eigenvalue weighted by Crippen LogP contribution is -2.21. The zero-order valence-electron chi connectivity index (χ0n) is 8.68. The van der Waals surface area contributed by atoms with Crippen molar-refractivity contribution in [2.75, 3.05) is 0 Å². The lowest BCUT2D eigenvalue weighted by molar-refractivity contribution is 0.0968. The van der Waals surface area contributed by atoms with Crippen LogP contribution in [0.25, 0.3) is 0 Å². The van der Waals surface area contributed by atoms with Crippen LogP contribution in [0.2, 0.25) is 0 Å². The number of carbonyl (C=O) groups is 1. The normalized spacial score (nSPS) is 12.6. The van der Waals surface area contributed by atoms with Crippen LogP contribution in [0, 0.1) is 18.6 Å². The summed E-state index contributed by atoms with van der Waals surface area (Å²) in [6.07, 6.45) is -0.0582. The molecule has 0 aliphatic carbocycles. The second-order valence-electron chi connectivity index (χ2n) is 3.66. The van der Waals surface area contributed by atoms with Crippen LogP contribution in [-0.4, -0.2) is 11.8 Å². The first-order valence-electron chi connectivity index (χ1n) is 4.67. The Morgan fingerprint density at radius 3 is 2.60 bits per heavy atom. The Morgan fingerprint density at radius 1 is 1.47 bits per heavy atom. The van der Waals surface area contributed by atoms with E-state index in [0.29, 0.717) is 0 Å². The maximum Gasteiger partial charge on any atom is 0.170 e. The minimum absolute atomic E-state index is 0.0582. The Hall–Kier alpha value is -1.29. The largest absolute Gasteiger partial charge is 0.328 e. The van der Waals surface area contributed by atoms with E-state index in [9.17, 15) is 13.6 Å². The number of hydrogen-bond acceptors (Lipinski definition) is 2. The molecule has 0 aromatic heterocycles. The van der Waals surface area contributed by atoms with Crippen molar-refractivity contribution in [2.24, 2.45) is 5.73 Å². The van der Waals surface area contributed by atoms with E-state index in [0.717, 1.165) is 6.07 Å². The molecule has 1 unspecified atom stereocenters. The summed E-state index contributed by atoms with van der Waals surface area (Å²) >= 11 is 0. The van der Waals surface area contributed by atoms with E-state index in [2.05, 4.69) is 0 Å². The summed E-state index contributed by atoms with van der Waals surface area (Å²) in [5, 5.41) is 0. The highest BCUT2D eigenvalue weighted by molar-refractivity contribution is 5.97. The van der Waals surface area contributed by atoms with Crippen LogP contribution >= 0.6 is 0 Å². The number of benzene rings is 1. The van der Waals surface area contributed by atoms with Gasteiger partial charge in [-0.3, -0.25) is 4.79 Å². The molecule has 4 heteroatoms. The summed E-state index contributed by atoms with van der Waals surface area (Å²) in [5.74, 6) is -2.21.